The molecule has 2 rings (SSSR count). The van der Waals surface area contributed by atoms with Crippen molar-refractivity contribution in [3.05, 3.63) is 0 Å². The lowest BCUT2D eigenvalue weighted by atomic mass is 9.83. The molecule has 2 aliphatic carbocycles. The van der Waals surface area contributed by atoms with Crippen LogP contribution in [0.15, 0.2) is 0 Å². The smallest absolute Gasteiger partial charge is 0.407 e. The second-order valence-electron chi connectivity index (χ2n) is 8.20. The number of carbonyl (C=O) groups is 1. The second kappa shape index (κ2) is 8.34. The minimum Gasteiger partial charge on any atom is -0.444 e. The lowest BCUT2D eigenvalue weighted by molar-refractivity contribution is 0.0487. The van der Waals surface area contributed by atoms with Crippen LogP contribution in [0.25, 0.3) is 0 Å². The fourth-order valence-electron chi connectivity index (χ4n) is 3.83. The Morgan fingerprint density at radius 2 is 1.65 bits per heavy atom. The number of aliphatic hydroxyl groups excluding tert-OH is 1. The maximum atomic E-state index is 11.8. The SMILES string of the molecule is CC(C)(C)OC(=O)NC1CCC(NC2CCCCC2CO)CC1. The number of carbonyl (C=O) groups excluding carboxylic acids is 1. The zero-order valence-corrected chi connectivity index (χ0v) is 14.9. The summed E-state index contributed by atoms with van der Waals surface area (Å²) in [5.74, 6) is 0.418. The molecule has 0 aliphatic heterocycles. The molecule has 0 aromatic rings. The van der Waals surface area contributed by atoms with E-state index in [9.17, 15) is 9.90 Å². The van der Waals surface area contributed by atoms with Gasteiger partial charge in [0.2, 0.25) is 0 Å². The fourth-order valence-corrected chi connectivity index (χ4v) is 3.83. The van der Waals surface area contributed by atoms with E-state index in [1.807, 2.05) is 20.8 Å². The monoisotopic (exact) mass is 326 g/mol. The number of aliphatic hydroxyl groups is 1. The third-order valence-electron chi connectivity index (χ3n) is 5.04. The lowest BCUT2D eigenvalue weighted by Crippen LogP contribution is -2.49. The van der Waals surface area contributed by atoms with Crippen LogP contribution >= 0.6 is 0 Å². The highest BCUT2D eigenvalue weighted by molar-refractivity contribution is 5.68. The molecule has 0 spiro atoms. The molecule has 2 saturated carbocycles. The molecule has 0 radical (unpaired) electrons. The molecular weight excluding hydrogens is 292 g/mol. The molecule has 2 aliphatic rings. The molecule has 0 heterocycles. The summed E-state index contributed by atoms with van der Waals surface area (Å²) in [4.78, 5) is 11.8. The zero-order chi connectivity index (χ0) is 16.9. The van der Waals surface area contributed by atoms with Gasteiger partial charge in [-0.05, 0) is 65.2 Å². The van der Waals surface area contributed by atoms with Crippen molar-refractivity contribution < 1.29 is 14.6 Å². The zero-order valence-electron chi connectivity index (χ0n) is 14.9. The Balaban J connectivity index is 1.70. The van der Waals surface area contributed by atoms with Crippen LogP contribution < -0.4 is 10.6 Å². The van der Waals surface area contributed by atoms with Gasteiger partial charge in [0.25, 0.3) is 0 Å². The fraction of sp³-hybridized carbons (Fsp3) is 0.944. The normalized spacial score (nSPS) is 32.3. The molecule has 0 bridgehead atoms. The highest BCUT2D eigenvalue weighted by Crippen LogP contribution is 2.27. The standard InChI is InChI=1S/C18H34N2O3/c1-18(2,3)23-17(22)20-15-10-8-14(9-11-15)19-16-7-5-4-6-13(16)12-21/h13-16,19,21H,4-12H2,1-3H3,(H,20,22). The van der Waals surface area contributed by atoms with Gasteiger partial charge in [0.1, 0.15) is 5.60 Å². The first-order valence-corrected chi connectivity index (χ1v) is 9.24. The molecule has 3 N–H and O–H groups in total. The third kappa shape index (κ3) is 6.30. The number of rotatable bonds is 4. The molecular formula is C18H34N2O3. The van der Waals surface area contributed by atoms with Gasteiger partial charge < -0.3 is 20.5 Å². The van der Waals surface area contributed by atoms with Crippen LogP contribution in [0.3, 0.4) is 0 Å². The van der Waals surface area contributed by atoms with Gasteiger partial charge in [-0.3, -0.25) is 0 Å². The van der Waals surface area contributed by atoms with Crippen molar-refractivity contribution in [3.8, 4) is 0 Å². The van der Waals surface area contributed by atoms with Crippen molar-refractivity contribution in [1.29, 1.82) is 0 Å². The van der Waals surface area contributed by atoms with Crippen molar-refractivity contribution in [3.63, 3.8) is 0 Å². The maximum absolute atomic E-state index is 11.8. The van der Waals surface area contributed by atoms with Crippen LogP contribution in [0.2, 0.25) is 0 Å². The summed E-state index contributed by atoms with van der Waals surface area (Å²) < 4.78 is 5.32. The Morgan fingerprint density at radius 3 is 2.26 bits per heavy atom. The van der Waals surface area contributed by atoms with Crippen molar-refractivity contribution in [2.24, 2.45) is 5.92 Å². The highest BCUT2D eigenvalue weighted by atomic mass is 16.6. The summed E-state index contributed by atoms with van der Waals surface area (Å²) >= 11 is 0. The number of nitrogens with one attached hydrogen (secondary N) is 2. The van der Waals surface area contributed by atoms with E-state index in [0.29, 0.717) is 24.6 Å². The van der Waals surface area contributed by atoms with Gasteiger partial charge in [-0.2, -0.15) is 0 Å². The van der Waals surface area contributed by atoms with E-state index in [1.165, 1.54) is 19.3 Å². The number of ether oxygens (including phenoxy) is 1. The first kappa shape index (κ1) is 18.5. The van der Waals surface area contributed by atoms with Gasteiger partial charge >= 0.3 is 6.09 Å². The van der Waals surface area contributed by atoms with Gasteiger partial charge in [-0.25, -0.2) is 4.79 Å². The van der Waals surface area contributed by atoms with Gasteiger partial charge in [0.05, 0.1) is 0 Å². The topological polar surface area (TPSA) is 70.6 Å². The summed E-state index contributed by atoms with van der Waals surface area (Å²) in [5.41, 5.74) is -0.441. The molecule has 23 heavy (non-hydrogen) atoms. The molecule has 1 amide bonds. The van der Waals surface area contributed by atoms with E-state index in [2.05, 4.69) is 10.6 Å². The van der Waals surface area contributed by atoms with E-state index >= 15 is 0 Å². The Hall–Kier alpha value is -0.810. The predicted octanol–water partition coefficient (Wildman–Crippen LogP) is 2.96. The maximum Gasteiger partial charge on any atom is 0.407 e. The third-order valence-corrected chi connectivity index (χ3v) is 5.04. The number of hydrogen-bond acceptors (Lipinski definition) is 4. The largest absolute Gasteiger partial charge is 0.444 e. The average molecular weight is 326 g/mol. The van der Waals surface area contributed by atoms with Crippen molar-refractivity contribution in [2.45, 2.75) is 95.9 Å². The Bertz CT molecular complexity index is 373. The molecule has 5 heteroatoms. The molecule has 2 unspecified atom stereocenters. The molecule has 5 nitrogen and oxygen atoms in total. The molecule has 0 saturated heterocycles. The van der Waals surface area contributed by atoms with Gasteiger partial charge in [-0.15, -0.1) is 0 Å². The van der Waals surface area contributed by atoms with Crippen molar-refractivity contribution in [2.75, 3.05) is 6.61 Å². The molecule has 2 fully saturated rings. The summed E-state index contributed by atoms with van der Waals surface area (Å²) in [6.45, 7) is 5.95. The predicted molar refractivity (Wildman–Crippen MR) is 91.4 cm³/mol. The van der Waals surface area contributed by atoms with E-state index < -0.39 is 5.60 Å². The van der Waals surface area contributed by atoms with Crippen LogP contribution in [0, 0.1) is 5.92 Å². The number of hydrogen-bond donors (Lipinski definition) is 3. The Kier molecular flexibility index (Phi) is 6.72. The van der Waals surface area contributed by atoms with Crippen LogP contribution in [0.5, 0.6) is 0 Å². The second-order valence-corrected chi connectivity index (χ2v) is 8.20. The van der Waals surface area contributed by atoms with Crippen molar-refractivity contribution >= 4 is 6.09 Å². The molecule has 2 atom stereocenters. The first-order valence-electron chi connectivity index (χ1n) is 9.24. The van der Waals surface area contributed by atoms with Gasteiger partial charge in [0, 0.05) is 24.7 Å². The molecule has 0 aromatic heterocycles. The summed E-state index contributed by atoms with van der Waals surface area (Å²) in [7, 11) is 0. The highest BCUT2D eigenvalue weighted by Gasteiger charge is 2.29. The van der Waals surface area contributed by atoms with E-state index in [0.717, 1.165) is 32.1 Å². The summed E-state index contributed by atoms with van der Waals surface area (Å²) in [6, 6.07) is 1.21. The van der Waals surface area contributed by atoms with Gasteiger partial charge in [0.15, 0.2) is 0 Å². The Morgan fingerprint density at radius 1 is 1.04 bits per heavy atom. The quantitative estimate of drug-likeness (QED) is 0.743. The number of amides is 1. The van der Waals surface area contributed by atoms with E-state index in [-0.39, 0.29) is 12.1 Å². The average Bonchev–Trinajstić information content (AvgIpc) is 2.48. The van der Waals surface area contributed by atoms with Crippen LogP contribution in [-0.4, -0.2) is 41.5 Å². The minimum absolute atomic E-state index is 0.225. The minimum atomic E-state index is -0.441. The first-order chi connectivity index (χ1) is 10.9. The molecule has 134 valence electrons. The molecule has 0 aromatic carbocycles. The summed E-state index contributed by atoms with van der Waals surface area (Å²) in [5, 5.41) is 16.3. The van der Waals surface area contributed by atoms with E-state index in [1.54, 1.807) is 0 Å². The lowest BCUT2D eigenvalue weighted by Gasteiger charge is -2.37. The number of alkyl carbamates (subject to hydrolysis) is 1. The van der Waals surface area contributed by atoms with Crippen molar-refractivity contribution in [1.82, 2.24) is 10.6 Å². The van der Waals surface area contributed by atoms with Gasteiger partial charge in [-0.1, -0.05) is 12.8 Å². The van der Waals surface area contributed by atoms with Crippen LogP contribution in [0.4, 0.5) is 4.79 Å². The summed E-state index contributed by atoms with van der Waals surface area (Å²) in [6.07, 6.45) is 8.68. The van der Waals surface area contributed by atoms with Crippen LogP contribution in [-0.2, 0) is 4.74 Å². The Labute approximate surface area is 140 Å². The van der Waals surface area contributed by atoms with E-state index in [4.69, 9.17) is 4.74 Å². The van der Waals surface area contributed by atoms with Crippen LogP contribution in [0.1, 0.15) is 72.1 Å².